The van der Waals surface area contributed by atoms with Crippen LogP contribution in [0.2, 0.25) is 0 Å². The third-order valence-corrected chi connectivity index (χ3v) is 17.5. The Labute approximate surface area is 575 Å². The smallest absolute Gasteiger partial charge is 0.335 e. The molecule has 8 bridgehead atoms. The number of aromatic amines is 2. The van der Waals surface area contributed by atoms with Crippen molar-refractivity contribution in [3.05, 3.63) is 278 Å². The maximum atomic E-state index is 14.2. The summed E-state index contributed by atoms with van der Waals surface area (Å²) in [6.07, 6.45) is 4.36. The van der Waals surface area contributed by atoms with E-state index < -0.39 is 23.9 Å². The first-order valence-corrected chi connectivity index (χ1v) is 32.2. The fourth-order valence-corrected chi connectivity index (χ4v) is 11.8. The fourth-order valence-electron chi connectivity index (χ4n) is 11.8. The van der Waals surface area contributed by atoms with Gasteiger partial charge in [-0.3, -0.25) is 9.59 Å². The van der Waals surface area contributed by atoms with E-state index in [-0.39, 0.29) is 86.4 Å². The van der Waals surface area contributed by atoms with Gasteiger partial charge in [-0.1, -0.05) is 73.8 Å². The Morgan fingerprint density at radius 2 is 0.770 bits per heavy atom. The van der Waals surface area contributed by atoms with Gasteiger partial charge in [-0.2, -0.15) is 0 Å². The molecule has 0 radical (unpaired) electrons. The average molecular weight is 1340 g/mol. The minimum Gasteiger partial charge on any atom is -0.489 e. The highest BCUT2D eigenvalue weighted by atomic mass is 16.5. The molecule has 100 heavy (non-hydrogen) atoms. The van der Waals surface area contributed by atoms with E-state index in [9.17, 15) is 49.2 Å². The second-order valence-corrected chi connectivity index (χ2v) is 24.3. The zero-order chi connectivity index (χ0) is 70.7. The van der Waals surface area contributed by atoms with Crippen LogP contribution in [0.3, 0.4) is 0 Å². The van der Waals surface area contributed by atoms with Crippen molar-refractivity contribution >= 4 is 86.1 Å². The zero-order valence-corrected chi connectivity index (χ0v) is 55.4. The van der Waals surface area contributed by atoms with Crippen LogP contribution >= 0.6 is 0 Å². The number of carbonyl (C=O) groups excluding carboxylic acids is 2. The van der Waals surface area contributed by atoms with Gasteiger partial charge >= 0.3 is 23.9 Å². The molecule has 0 aliphatic carbocycles. The van der Waals surface area contributed by atoms with Crippen LogP contribution in [0.4, 0.5) is 0 Å². The predicted octanol–water partition coefficient (Wildman–Crippen LogP) is 15.1. The summed E-state index contributed by atoms with van der Waals surface area (Å²) in [6.45, 7) is 17.0. The van der Waals surface area contributed by atoms with Gasteiger partial charge in [0.15, 0.2) is 0 Å². The SMILES string of the molecule is C=CC1=C(C)c2cc3[nH]c(cc4nc(cc5[nH]c(cc1n2)c(C)c5C=C)C(C)=C4CCC(=O)NCc1cc(OCc2ccc(C(=O)O)cc2)cc(OCc2ccc(C(=O)O)cc2)c1)c(CCC(=O)NCc1cc(OCc2ccc(C(=O)O)cc2)cc(OCc2ccc(C(=O)O)cc2)c1)c3C. The van der Waals surface area contributed by atoms with Crippen molar-refractivity contribution in [3.8, 4) is 23.0 Å². The molecular formula is C80H72N6O14. The summed E-state index contributed by atoms with van der Waals surface area (Å²) >= 11 is 0. The highest BCUT2D eigenvalue weighted by Crippen LogP contribution is 2.38. The molecular weight excluding hydrogens is 1270 g/mol. The number of H-pyrrole nitrogens is 2. The molecule has 2 aliphatic rings. The van der Waals surface area contributed by atoms with Crippen molar-refractivity contribution in [2.75, 3.05) is 0 Å². The molecule has 0 atom stereocenters. The summed E-state index contributed by atoms with van der Waals surface area (Å²) in [5.41, 5.74) is 17.7. The predicted molar refractivity (Wildman–Crippen MR) is 381 cm³/mol. The van der Waals surface area contributed by atoms with Crippen LogP contribution in [0.25, 0.3) is 50.4 Å². The number of benzene rings is 6. The molecule has 20 heteroatoms. The van der Waals surface area contributed by atoms with Crippen molar-refractivity contribution in [1.29, 1.82) is 0 Å². The van der Waals surface area contributed by atoms with Crippen molar-refractivity contribution in [2.24, 2.45) is 0 Å². The molecule has 0 saturated heterocycles. The molecule has 9 aromatic rings. The number of hydrogen-bond acceptors (Lipinski definition) is 12. The first kappa shape index (κ1) is 68.8. The molecule has 0 spiro atoms. The second kappa shape index (κ2) is 30.7. The minimum atomic E-state index is -1.04. The number of carbonyl (C=O) groups is 6. The lowest BCUT2D eigenvalue weighted by Crippen LogP contribution is -2.23. The first-order chi connectivity index (χ1) is 48.1. The number of nitrogens with one attached hydrogen (secondary N) is 4. The van der Waals surface area contributed by atoms with Gasteiger partial charge in [0.05, 0.1) is 45.0 Å². The number of carboxylic acid groups (broad SMARTS) is 4. The highest BCUT2D eigenvalue weighted by molar-refractivity contribution is 5.99. The Morgan fingerprint density at radius 1 is 0.410 bits per heavy atom. The van der Waals surface area contributed by atoms with E-state index in [1.54, 1.807) is 91.0 Å². The molecule has 0 fully saturated rings. The summed E-state index contributed by atoms with van der Waals surface area (Å²) in [4.78, 5) is 92.2. The first-order valence-electron chi connectivity index (χ1n) is 32.2. The summed E-state index contributed by atoms with van der Waals surface area (Å²) in [6, 6.07) is 43.9. The molecule has 8 N–H and O–H groups in total. The van der Waals surface area contributed by atoms with Crippen LogP contribution in [0.1, 0.15) is 153 Å². The van der Waals surface area contributed by atoms with E-state index in [1.165, 1.54) is 48.5 Å². The maximum Gasteiger partial charge on any atom is 0.335 e. The van der Waals surface area contributed by atoms with Gasteiger partial charge in [-0.15, -0.1) is 0 Å². The van der Waals surface area contributed by atoms with Gasteiger partial charge in [-0.05, 0) is 204 Å². The molecule has 2 amide bonds. The Hall–Kier alpha value is -12.6. The number of carboxylic acids is 4. The van der Waals surface area contributed by atoms with Crippen molar-refractivity contribution in [3.63, 3.8) is 0 Å². The Bertz CT molecular complexity index is 4810. The largest absolute Gasteiger partial charge is 0.489 e. The number of amides is 2. The number of nitrogens with zero attached hydrogens (tertiary/aromatic N) is 2. The van der Waals surface area contributed by atoms with Gasteiger partial charge in [0.2, 0.25) is 11.8 Å². The lowest BCUT2D eigenvalue weighted by Gasteiger charge is -2.14. The lowest BCUT2D eigenvalue weighted by molar-refractivity contribution is -0.122. The number of allylic oxidation sites excluding steroid dienone is 5. The third-order valence-electron chi connectivity index (χ3n) is 17.5. The van der Waals surface area contributed by atoms with Crippen LogP contribution in [-0.4, -0.2) is 76.1 Å². The number of rotatable bonds is 28. The topological polar surface area (TPSA) is 302 Å². The minimum absolute atomic E-state index is 0.0720. The molecule has 3 aromatic heterocycles. The quantitative estimate of drug-likeness (QED) is 0.0226. The van der Waals surface area contributed by atoms with Crippen LogP contribution in [-0.2, 0) is 55.5 Å². The molecule has 11 rings (SSSR count). The van der Waals surface area contributed by atoms with E-state index in [1.807, 2.05) is 58.0 Å². The summed E-state index contributed by atoms with van der Waals surface area (Å²) in [7, 11) is 0. The van der Waals surface area contributed by atoms with Gasteiger partial charge in [-0.25, -0.2) is 29.1 Å². The van der Waals surface area contributed by atoms with Crippen molar-refractivity contribution in [2.45, 2.75) is 92.9 Å². The van der Waals surface area contributed by atoms with E-state index in [0.717, 1.165) is 94.7 Å². The average Bonchev–Trinajstić information content (AvgIpc) is 1.62. The molecule has 6 aromatic carbocycles. The van der Waals surface area contributed by atoms with E-state index in [0.29, 0.717) is 63.9 Å². The number of aryl methyl sites for hydroxylation is 3. The number of ether oxygens (including phenoxy) is 4. The standard InChI is InChI=1S/C80H72N6O14/c1-7-63-45(3)67-35-68-47(5)65(25-27-75(87)81-39-53-29-59(97-41-49-9-17-55(18-10-49)77(89)90)33-60(30-53)98-42-50-11-19-56(20-12-50)78(91)92)73(85-68)38-74-66(48(6)70(86-74)37-72-64(8-2)46(4)69(84-72)36-71(63)83-67)26-28-76(88)82-40-54-31-61(99-43-51-13-21-57(22-14-51)79(93)94)34-62(32-54)100-44-52-15-23-58(24-16-52)80(95)96/h7-24,29-38,84-85H,1-2,25-28,39-44H2,3-6H3,(H,81,87)(H,82,88)(H,89,90)(H,91,92)(H,93,94)(H,95,96). The van der Waals surface area contributed by atoms with E-state index in [4.69, 9.17) is 28.9 Å². The highest BCUT2D eigenvalue weighted by Gasteiger charge is 2.23. The van der Waals surface area contributed by atoms with Crippen LogP contribution in [0, 0.1) is 13.8 Å². The molecule has 5 heterocycles. The maximum absolute atomic E-state index is 14.2. The number of fused-ring (bicyclic) bond motifs is 8. The van der Waals surface area contributed by atoms with Gasteiger partial charge in [0.1, 0.15) is 49.4 Å². The van der Waals surface area contributed by atoms with E-state index >= 15 is 0 Å². The third kappa shape index (κ3) is 16.6. The molecule has 2 aliphatic heterocycles. The lowest BCUT2D eigenvalue weighted by atomic mass is 10.00. The van der Waals surface area contributed by atoms with Crippen LogP contribution in [0.5, 0.6) is 23.0 Å². The Morgan fingerprint density at radius 3 is 1.18 bits per heavy atom. The zero-order valence-electron chi connectivity index (χ0n) is 55.4. The molecule has 20 nitrogen and oxygen atoms in total. The summed E-state index contributed by atoms with van der Waals surface area (Å²) in [5, 5.41) is 43.9. The molecule has 0 saturated carbocycles. The number of aromatic nitrogens is 4. The van der Waals surface area contributed by atoms with Gasteiger partial charge < -0.3 is 60.0 Å². The molecule has 506 valence electrons. The Balaban J connectivity index is 0.869. The van der Waals surface area contributed by atoms with Crippen molar-refractivity contribution < 1.29 is 68.1 Å². The summed E-state index contributed by atoms with van der Waals surface area (Å²) in [5.74, 6) is -2.94. The van der Waals surface area contributed by atoms with Gasteiger partial charge in [0.25, 0.3) is 0 Å². The van der Waals surface area contributed by atoms with E-state index in [2.05, 4.69) is 33.8 Å². The second-order valence-electron chi connectivity index (χ2n) is 24.3. The Kier molecular flexibility index (Phi) is 21.1. The van der Waals surface area contributed by atoms with Crippen LogP contribution in [0.15, 0.2) is 177 Å². The van der Waals surface area contributed by atoms with Crippen LogP contribution < -0.4 is 29.6 Å². The monoisotopic (exact) mass is 1340 g/mol. The molecule has 0 unspecified atom stereocenters. The summed E-state index contributed by atoms with van der Waals surface area (Å²) < 4.78 is 24.8. The number of aromatic carboxylic acids is 4. The number of hydrogen-bond donors (Lipinski definition) is 8. The van der Waals surface area contributed by atoms with Crippen molar-refractivity contribution in [1.82, 2.24) is 30.6 Å². The van der Waals surface area contributed by atoms with Gasteiger partial charge in [0, 0.05) is 71.3 Å². The normalized spacial score (nSPS) is 11.8. The fraction of sp³-hybridized carbons (Fsp3) is 0.175.